The molecule has 1 aromatic carbocycles. The van der Waals surface area contributed by atoms with Crippen molar-refractivity contribution in [2.45, 2.75) is 32.5 Å². The number of fused-ring (bicyclic) bond motifs is 1. The van der Waals surface area contributed by atoms with Crippen molar-refractivity contribution < 1.29 is 4.79 Å². The Morgan fingerprint density at radius 1 is 1.38 bits per heavy atom. The first-order valence-corrected chi connectivity index (χ1v) is 7.08. The van der Waals surface area contributed by atoms with Crippen LogP contribution in [-0.2, 0) is 11.3 Å². The van der Waals surface area contributed by atoms with Gasteiger partial charge in [0.2, 0.25) is 5.91 Å². The molecule has 1 aliphatic rings. The van der Waals surface area contributed by atoms with Gasteiger partial charge in [0.1, 0.15) is 12.1 Å². The van der Waals surface area contributed by atoms with Crippen LogP contribution < -0.4 is 11.1 Å². The fourth-order valence-electron chi connectivity index (χ4n) is 2.83. The van der Waals surface area contributed by atoms with Crippen LogP contribution in [0.5, 0.6) is 0 Å². The molecule has 0 aliphatic carbocycles. The van der Waals surface area contributed by atoms with Gasteiger partial charge in [-0.3, -0.25) is 4.79 Å². The van der Waals surface area contributed by atoms with Crippen LogP contribution in [0.1, 0.15) is 19.4 Å². The van der Waals surface area contributed by atoms with Crippen molar-refractivity contribution in [2.75, 3.05) is 12.3 Å². The zero-order valence-corrected chi connectivity index (χ0v) is 12.2. The van der Waals surface area contributed by atoms with Crippen LogP contribution in [-0.4, -0.2) is 39.4 Å². The molecule has 1 aliphatic heterocycles. The van der Waals surface area contributed by atoms with Gasteiger partial charge in [0.05, 0.1) is 11.6 Å². The number of hydrogen-bond donors (Lipinski definition) is 2. The van der Waals surface area contributed by atoms with E-state index >= 15 is 0 Å². The second-order valence-electron chi connectivity index (χ2n) is 5.62. The molecule has 6 nitrogen and oxygen atoms in total. The van der Waals surface area contributed by atoms with Crippen LogP contribution in [0, 0.1) is 0 Å². The molecule has 6 heteroatoms. The van der Waals surface area contributed by atoms with Crippen molar-refractivity contribution in [1.29, 1.82) is 0 Å². The Balaban J connectivity index is 1.86. The highest BCUT2D eigenvalue weighted by atomic mass is 16.2. The summed E-state index contributed by atoms with van der Waals surface area (Å²) in [5, 5.41) is 4.10. The lowest BCUT2D eigenvalue weighted by molar-refractivity contribution is -0.136. The van der Waals surface area contributed by atoms with Gasteiger partial charge in [-0.25, -0.2) is 9.97 Å². The first kappa shape index (κ1) is 13.8. The predicted octanol–water partition coefficient (Wildman–Crippen LogP) is 0.921. The molecule has 3 N–H and O–H groups in total. The fourth-order valence-corrected chi connectivity index (χ4v) is 2.83. The molecule has 1 aromatic heterocycles. The number of carbonyl (C=O) groups excluding carboxylic acids is 1. The van der Waals surface area contributed by atoms with Gasteiger partial charge in [-0.05, 0) is 31.5 Å². The maximum atomic E-state index is 12.2. The Morgan fingerprint density at radius 2 is 2.19 bits per heavy atom. The molecular formula is C15H19N5O. The summed E-state index contributed by atoms with van der Waals surface area (Å²) in [6, 6.07) is 6.04. The zero-order valence-electron chi connectivity index (χ0n) is 12.2. The van der Waals surface area contributed by atoms with Gasteiger partial charge in [-0.2, -0.15) is 0 Å². The number of nitrogens with zero attached hydrogens (tertiary/aromatic N) is 3. The molecule has 0 bridgehead atoms. The Hall–Kier alpha value is -2.21. The summed E-state index contributed by atoms with van der Waals surface area (Å²) >= 11 is 0. The van der Waals surface area contributed by atoms with Gasteiger partial charge in [0, 0.05) is 24.5 Å². The molecule has 1 amide bonds. The smallest absolute Gasteiger partial charge is 0.239 e. The summed E-state index contributed by atoms with van der Waals surface area (Å²) in [4.78, 5) is 22.3. The van der Waals surface area contributed by atoms with Crippen LogP contribution >= 0.6 is 0 Å². The number of hydrogen-bond acceptors (Lipinski definition) is 5. The zero-order chi connectivity index (χ0) is 15.0. The molecule has 0 spiro atoms. The molecule has 2 unspecified atom stereocenters. The van der Waals surface area contributed by atoms with E-state index in [-0.39, 0.29) is 11.9 Å². The Morgan fingerprint density at radius 3 is 3.00 bits per heavy atom. The van der Waals surface area contributed by atoms with Gasteiger partial charge in [-0.1, -0.05) is 6.07 Å². The maximum absolute atomic E-state index is 12.2. The van der Waals surface area contributed by atoms with Gasteiger partial charge >= 0.3 is 0 Å². The van der Waals surface area contributed by atoms with Crippen molar-refractivity contribution in [2.24, 2.45) is 0 Å². The standard InChI is InChI=1S/C15H19N5O/c1-9-6-20(15(21)10(2)19-9)7-11-3-4-12-13(5-11)17-8-18-14(12)16/h3-5,8-10,19H,6-7H2,1-2H3,(H2,16,17,18). The Labute approximate surface area is 123 Å². The number of nitrogens with two attached hydrogens (primary N) is 1. The Kier molecular flexibility index (Phi) is 3.47. The summed E-state index contributed by atoms with van der Waals surface area (Å²) in [6.07, 6.45) is 1.46. The summed E-state index contributed by atoms with van der Waals surface area (Å²) < 4.78 is 0. The first-order chi connectivity index (χ1) is 10.0. The van der Waals surface area contributed by atoms with E-state index in [1.807, 2.05) is 30.0 Å². The van der Waals surface area contributed by atoms with Crippen LogP contribution in [0.25, 0.3) is 10.9 Å². The van der Waals surface area contributed by atoms with Gasteiger partial charge in [0.25, 0.3) is 0 Å². The van der Waals surface area contributed by atoms with Crippen molar-refractivity contribution in [3.05, 3.63) is 30.1 Å². The molecule has 21 heavy (non-hydrogen) atoms. The average Bonchev–Trinajstić information content (AvgIpc) is 2.44. The first-order valence-electron chi connectivity index (χ1n) is 7.08. The SMILES string of the molecule is CC1CN(Cc2ccc3c(N)ncnc3c2)C(=O)C(C)N1. The summed E-state index contributed by atoms with van der Waals surface area (Å²) in [7, 11) is 0. The number of benzene rings is 1. The van der Waals surface area contributed by atoms with Crippen molar-refractivity contribution in [3.63, 3.8) is 0 Å². The van der Waals surface area contributed by atoms with E-state index in [4.69, 9.17) is 5.73 Å². The lowest BCUT2D eigenvalue weighted by Gasteiger charge is -2.35. The highest BCUT2D eigenvalue weighted by Crippen LogP contribution is 2.19. The highest BCUT2D eigenvalue weighted by Gasteiger charge is 2.28. The second-order valence-corrected chi connectivity index (χ2v) is 5.62. The van der Waals surface area contributed by atoms with Crippen LogP contribution in [0.2, 0.25) is 0 Å². The summed E-state index contributed by atoms with van der Waals surface area (Å²) in [5.74, 6) is 0.613. The predicted molar refractivity (Wildman–Crippen MR) is 81.4 cm³/mol. The molecule has 110 valence electrons. The van der Waals surface area contributed by atoms with Gasteiger partial charge in [-0.15, -0.1) is 0 Å². The van der Waals surface area contributed by atoms with E-state index in [0.29, 0.717) is 24.9 Å². The number of nitrogens with one attached hydrogen (secondary N) is 1. The van der Waals surface area contributed by atoms with E-state index in [0.717, 1.165) is 16.5 Å². The highest BCUT2D eigenvalue weighted by molar-refractivity contribution is 5.88. The Bertz CT molecular complexity index is 687. The molecule has 0 saturated carbocycles. The largest absolute Gasteiger partial charge is 0.383 e. The minimum absolute atomic E-state index is 0.132. The van der Waals surface area contributed by atoms with E-state index in [9.17, 15) is 4.79 Å². The number of amides is 1. The van der Waals surface area contributed by atoms with Crippen molar-refractivity contribution in [3.8, 4) is 0 Å². The number of aromatic nitrogens is 2. The van der Waals surface area contributed by atoms with Gasteiger partial charge < -0.3 is 16.0 Å². The number of piperazine rings is 1. The number of rotatable bonds is 2. The third kappa shape index (κ3) is 2.67. The second kappa shape index (κ2) is 5.29. The normalized spacial score (nSPS) is 22.8. The monoisotopic (exact) mass is 285 g/mol. The molecule has 2 aromatic rings. The van der Waals surface area contributed by atoms with E-state index < -0.39 is 0 Å². The number of nitrogen functional groups attached to an aromatic ring is 1. The van der Waals surface area contributed by atoms with Gasteiger partial charge in [0.15, 0.2) is 0 Å². The molecule has 3 rings (SSSR count). The molecule has 2 atom stereocenters. The summed E-state index contributed by atoms with van der Waals surface area (Å²) in [5.41, 5.74) is 7.69. The quantitative estimate of drug-likeness (QED) is 0.857. The minimum atomic E-state index is -0.132. The van der Waals surface area contributed by atoms with E-state index in [2.05, 4.69) is 22.2 Å². The molecule has 1 fully saturated rings. The molecular weight excluding hydrogens is 266 g/mol. The minimum Gasteiger partial charge on any atom is -0.383 e. The third-order valence-electron chi connectivity index (χ3n) is 3.82. The average molecular weight is 285 g/mol. The number of carbonyl (C=O) groups is 1. The van der Waals surface area contributed by atoms with Crippen LogP contribution in [0.15, 0.2) is 24.5 Å². The topological polar surface area (TPSA) is 84.1 Å². The fraction of sp³-hybridized carbons (Fsp3) is 0.400. The summed E-state index contributed by atoms with van der Waals surface area (Å²) in [6.45, 7) is 5.30. The lowest BCUT2D eigenvalue weighted by atomic mass is 10.1. The lowest BCUT2D eigenvalue weighted by Crippen LogP contribution is -2.57. The van der Waals surface area contributed by atoms with E-state index in [1.54, 1.807) is 0 Å². The third-order valence-corrected chi connectivity index (χ3v) is 3.82. The maximum Gasteiger partial charge on any atom is 0.239 e. The van der Waals surface area contributed by atoms with Crippen molar-refractivity contribution >= 4 is 22.6 Å². The molecule has 1 saturated heterocycles. The molecule has 2 heterocycles. The van der Waals surface area contributed by atoms with Crippen LogP contribution in [0.3, 0.4) is 0 Å². The van der Waals surface area contributed by atoms with Crippen LogP contribution in [0.4, 0.5) is 5.82 Å². The number of anilines is 1. The van der Waals surface area contributed by atoms with Crippen molar-refractivity contribution in [1.82, 2.24) is 20.2 Å². The van der Waals surface area contributed by atoms with E-state index in [1.165, 1.54) is 6.33 Å². The molecule has 0 radical (unpaired) electrons.